The van der Waals surface area contributed by atoms with Crippen molar-refractivity contribution in [1.29, 1.82) is 0 Å². The van der Waals surface area contributed by atoms with Gasteiger partial charge in [-0.1, -0.05) is 133 Å². The SMILES string of the molecule is O=c1c2ccccc2c2cccc3c4c(n1c32)C1=C(CC4)C2(c3ccccc31)c1ccccc1-c1c2ccc2c3cccc4c5ccccc5c(=O)n(c12)c43. The van der Waals surface area contributed by atoms with E-state index >= 15 is 0 Å². The van der Waals surface area contributed by atoms with E-state index in [2.05, 4.69) is 114 Å². The molecule has 4 heterocycles. The van der Waals surface area contributed by atoms with E-state index in [-0.39, 0.29) is 11.1 Å². The van der Waals surface area contributed by atoms with Crippen LogP contribution in [-0.4, -0.2) is 8.80 Å². The minimum absolute atomic E-state index is 0.0173. The molecule has 0 fully saturated rings. The highest BCUT2D eigenvalue weighted by Gasteiger charge is 2.55. The lowest BCUT2D eigenvalue weighted by atomic mass is 9.67. The molecule has 1 unspecified atom stereocenters. The molecule has 0 radical (unpaired) electrons. The van der Waals surface area contributed by atoms with Gasteiger partial charge in [-0.25, -0.2) is 0 Å². The Hall–Kier alpha value is -7.04. The van der Waals surface area contributed by atoms with Gasteiger partial charge in [-0.3, -0.25) is 18.4 Å². The molecular formula is C51H28N2O2. The summed E-state index contributed by atoms with van der Waals surface area (Å²) in [6.07, 6.45) is 1.69. The fourth-order valence-corrected chi connectivity index (χ4v) is 11.7. The lowest BCUT2D eigenvalue weighted by molar-refractivity contribution is 0.706. The summed E-state index contributed by atoms with van der Waals surface area (Å²) in [7, 11) is 0. The molecule has 0 amide bonds. The van der Waals surface area contributed by atoms with E-state index in [1.54, 1.807) is 0 Å². The summed E-state index contributed by atoms with van der Waals surface area (Å²) in [5.41, 5.74) is 14.4. The van der Waals surface area contributed by atoms with Crippen LogP contribution in [0, 0.1) is 0 Å². The molecule has 3 aliphatic rings. The molecule has 0 bridgehead atoms. The van der Waals surface area contributed by atoms with Crippen LogP contribution in [0.4, 0.5) is 0 Å². The van der Waals surface area contributed by atoms with E-state index in [4.69, 9.17) is 0 Å². The van der Waals surface area contributed by atoms with Crippen molar-refractivity contribution < 1.29 is 0 Å². The summed E-state index contributed by atoms with van der Waals surface area (Å²) in [5, 5.41) is 9.03. The smallest absolute Gasteiger partial charge is 0.263 e. The molecule has 0 saturated heterocycles. The van der Waals surface area contributed by atoms with Crippen molar-refractivity contribution in [3.63, 3.8) is 0 Å². The molecule has 0 saturated carbocycles. The average molecular weight is 701 g/mol. The van der Waals surface area contributed by atoms with E-state index in [0.29, 0.717) is 0 Å². The van der Waals surface area contributed by atoms with Crippen molar-refractivity contribution in [1.82, 2.24) is 8.80 Å². The third kappa shape index (κ3) is 2.96. The maximum absolute atomic E-state index is 14.8. The third-order valence-electron chi connectivity index (χ3n) is 13.6. The number of nitrogens with zero attached hydrogens (tertiary/aromatic N) is 2. The normalized spacial score (nSPS) is 17.1. The number of benzene rings is 7. The highest BCUT2D eigenvalue weighted by molar-refractivity contribution is 6.23. The molecule has 7 aromatic carbocycles. The number of fused-ring (bicyclic) bond motifs is 21. The van der Waals surface area contributed by atoms with Crippen LogP contribution in [0.1, 0.15) is 39.9 Å². The van der Waals surface area contributed by atoms with E-state index < -0.39 is 5.41 Å². The summed E-state index contributed by atoms with van der Waals surface area (Å²) in [5.74, 6) is 0. The second-order valence-electron chi connectivity index (χ2n) is 15.7. The van der Waals surface area contributed by atoms with E-state index in [1.165, 1.54) is 49.9 Å². The van der Waals surface area contributed by atoms with Crippen molar-refractivity contribution in [2.24, 2.45) is 0 Å². The Bertz CT molecular complexity index is 3770. The van der Waals surface area contributed by atoms with Crippen LogP contribution in [0.25, 0.3) is 81.7 Å². The van der Waals surface area contributed by atoms with E-state index in [1.807, 2.05) is 40.8 Å². The first-order valence-electron chi connectivity index (χ1n) is 19.2. The highest BCUT2D eigenvalue weighted by atomic mass is 16.1. The number of para-hydroxylation sites is 2. The molecular weight excluding hydrogens is 673 g/mol. The number of allylic oxidation sites excluding steroid dienone is 1. The maximum Gasteiger partial charge on any atom is 0.263 e. The minimum Gasteiger partial charge on any atom is -0.275 e. The predicted molar refractivity (Wildman–Crippen MR) is 223 cm³/mol. The number of aryl methyl sites for hydroxylation is 1. The second-order valence-corrected chi connectivity index (χ2v) is 15.7. The molecule has 254 valence electrons. The zero-order valence-corrected chi connectivity index (χ0v) is 29.5. The van der Waals surface area contributed by atoms with Gasteiger partial charge in [-0.15, -0.1) is 0 Å². The lowest BCUT2D eigenvalue weighted by Gasteiger charge is -2.34. The molecule has 0 N–H and O–H groups in total. The maximum atomic E-state index is 14.8. The lowest BCUT2D eigenvalue weighted by Crippen LogP contribution is -2.28. The van der Waals surface area contributed by atoms with Gasteiger partial charge < -0.3 is 0 Å². The van der Waals surface area contributed by atoms with Crippen LogP contribution in [0.15, 0.2) is 161 Å². The van der Waals surface area contributed by atoms with Gasteiger partial charge >= 0.3 is 0 Å². The van der Waals surface area contributed by atoms with Crippen LogP contribution in [0.5, 0.6) is 0 Å². The van der Waals surface area contributed by atoms with Gasteiger partial charge in [0.05, 0.1) is 27.7 Å². The van der Waals surface area contributed by atoms with Gasteiger partial charge in [0.15, 0.2) is 0 Å². The molecule has 4 aromatic heterocycles. The molecule has 55 heavy (non-hydrogen) atoms. The Balaban J connectivity index is 1.19. The molecule has 3 aliphatic carbocycles. The highest BCUT2D eigenvalue weighted by Crippen LogP contribution is 2.66. The summed E-state index contributed by atoms with van der Waals surface area (Å²) < 4.78 is 4.08. The largest absolute Gasteiger partial charge is 0.275 e. The predicted octanol–water partition coefficient (Wildman–Crippen LogP) is 10.6. The molecule has 4 heteroatoms. The van der Waals surface area contributed by atoms with Crippen LogP contribution in [0.2, 0.25) is 0 Å². The summed E-state index contributed by atoms with van der Waals surface area (Å²) in [6, 6.07) is 51.4. The molecule has 14 rings (SSSR count). The minimum atomic E-state index is -0.589. The fourth-order valence-electron chi connectivity index (χ4n) is 11.7. The Labute approximate surface area is 313 Å². The average Bonchev–Trinajstić information content (AvgIpc) is 3.95. The van der Waals surface area contributed by atoms with Crippen molar-refractivity contribution in [3.8, 4) is 11.1 Å². The molecule has 1 spiro atoms. The van der Waals surface area contributed by atoms with Crippen molar-refractivity contribution in [3.05, 3.63) is 205 Å². The zero-order valence-electron chi connectivity index (χ0n) is 29.5. The van der Waals surface area contributed by atoms with E-state index in [9.17, 15) is 9.59 Å². The van der Waals surface area contributed by atoms with Crippen LogP contribution in [-0.2, 0) is 11.8 Å². The number of hydrogen-bond acceptors (Lipinski definition) is 2. The van der Waals surface area contributed by atoms with Crippen molar-refractivity contribution in [2.75, 3.05) is 0 Å². The molecule has 0 aliphatic heterocycles. The van der Waals surface area contributed by atoms with Crippen LogP contribution in [0.3, 0.4) is 0 Å². The first kappa shape index (κ1) is 28.5. The topological polar surface area (TPSA) is 43.0 Å². The Morgan fingerprint density at radius 2 is 0.909 bits per heavy atom. The molecule has 4 nitrogen and oxygen atoms in total. The van der Waals surface area contributed by atoms with Gasteiger partial charge in [0.25, 0.3) is 11.1 Å². The first-order chi connectivity index (χ1) is 27.2. The van der Waals surface area contributed by atoms with Gasteiger partial charge in [0.1, 0.15) is 0 Å². The van der Waals surface area contributed by atoms with Gasteiger partial charge in [-0.2, -0.15) is 0 Å². The van der Waals surface area contributed by atoms with Gasteiger partial charge in [-0.05, 0) is 74.7 Å². The first-order valence-corrected chi connectivity index (χ1v) is 19.2. The van der Waals surface area contributed by atoms with Crippen molar-refractivity contribution in [2.45, 2.75) is 18.3 Å². The monoisotopic (exact) mass is 700 g/mol. The summed E-state index contributed by atoms with van der Waals surface area (Å²) in [6.45, 7) is 0. The van der Waals surface area contributed by atoms with Crippen molar-refractivity contribution >= 4 is 70.6 Å². The molecule has 1 atom stereocenters. The Morgan fingerprint density at radius 1 is 0.400 bits per heavy atom. The summed E-state index contributed by atoms with van der Waals surface area (Å²) >= 11 is 0. The zero-order chi connectivity index (χ0) is 35.9. The molecule has 11 aromatic rings. The Morgan fingerprint density at radius 3 is 1.62 bits per heavy atom. The fraction of sp³-hybridized carbons (Fsp3) is 0.0588. The number of aromatic nitrogens is 2. The third-order valence-corrected chi connectivity index (χ3v) is 13.6. The number of rotatable bonds is 0. The number of pyridine rings is 2. The van der Waals surface area contributed by atoms with Crippen LogP contribution < -0.4 is 11.1 Å². The quantitative estimate of drug-likeness (QED) is 0.148. The second kappa shape index (κ2) is 9.36. The Kier molecular flexibility index (Phi) is 4.84. The summed E-state index contributed by atoms with van der Waals surface area (Å²) in [4.78, 5) is 29.6. The van der Waals surface area contributed by atoms with E-state index in [0.717, 1.165) is 83.7 Å². The van der Waals surface area contributed by atoms with Gasteiger partial charge in [0.2, 0.25) is 0 Å². The standard InChI is InChI=1S/C51H28N2O2/c54-49-35-13-3-1-11-27(35)29-17-9-19-31-33-23-25-41-43(47(33)52(49)45(29)31)37-15-5-7-21-39(37)51(41)40-22-8-6-16-38(40)44-42(51)26-24-34-32-20-10-18-30-28-12-2-4-14-36(28)50(55)53(46(30)32)48(34)44/h1-23,25H,24,26H2. The number of hydrogen-bond donors (Lipinski definition) is 0. The van der Waals surface area contributed by atoms with Gasteiger partial charge in [0, 0.05) is 48.8 Å². The van der Waals surface area contributed by atoms with Crippen LogP contribution >= 0.6 is 0 Å².